The Morgan fingerprint density at radius 3 is 2.44 bits per heavy atom. The third kappa shape index (κ3) is 4.46. The number of nitrogens with zero attached hydrogens (tertiary/aromatic N) is 3. The molecule has 3 N–H and O–H groups in total. The van der Waals surface area contributed by atoms with Crippen molar-refractivity contribution in [2.75, 3.05) is 33.7 Å². The van der Waals surface area contributed by atoms with E-state index in [0.717, 1.165) is 19.6 Å². The molecule has 0 radical (unpaired) electrons. The summed E-state index contributed by atoms with van der Waals surface area (Å²) in [4.78, 5) is 4.72. The maximum Gasteiger partial charge on any atom is 0.139 e. The number of oxime groups is 1. The highest BCUT2D eigenvalue weighted by atomic mass is 16.4. The molecular formula is C13H28N4O. The van der Waals surface area contributed by atoms with E-state index in [4.69, 9.17) is 10.9 Å². The van der Waals surface area contributed by atoms with Gasteiger partial charge in [0.05, 0.1) is 0 Å². The van der Waals surface area contributed by atoms with Gasteiger partial charge in [-0.3, -0.25) is 4.90 Å². The summed E-state index contributed by atoms with van der Waals surface area (Å²) in [6.07, 6.45) is 3.09. The standard InChI is InChI=1S/C13H28N4O/c1-5-17(11(2)9-16(3)4)10-13(6-7-13)8-12(14)15-18/h11,18H,5-10H2,1-4H3,(H2,14,15). The Kier molecular flexibility index (Phi) is 5.41. The van der Waals surface area contributed by atoms with E-state index in [2.05, 4.69) is 42.9 Å². The lowest BCUT2D eigenvalue weighted by Gasteiger charge is -2.33. The van der Waals surface area contributed by atoms with Gasteiger partial charge in [-0.15, -0.1) is 0 Å². The van der Waals surface area contributed by atoms with Gasteiger partial charge in [0.15, 0.2) is 0 Å². The zero-order valence-electron chi connectivity index (χ0n) is 12.2. The molecule has 1 atom stereocenters. The maximum atomic E-state index is 8.69. The lowest BCUT2D eigenvalue weighted by atomic mass is 10.00. The van der Waals surface area contributed by atoms with Crippen molar-refractivity contribution in [3.8, 4) is 0 Å². The van der Waals surface area contributed by atoms with Crippen molar-refractivity contribution in [3.05, 3.63) is 0 Å². The van der Waals surface area contributed by atoms with E-state index in [1.54, 1.807) is 0 Å². The van der Waals surface area contributed by atoms with Crippen LogP contribution in [0.4, 0.5) is 0 Å². The van der Waals surface area contributed by atoms with E-state index in [-0.39, 0.29) is 5.41 Å². The fraction of sp³-hybridized carbons (Fsp3) is 0.923. The summed E-state index contributed by atoms with van der Waals surface area (Å²) in [5, 5.41) is 11.8. The highest BCUT2D eigenvalue weighted by Gasteiger charge is 2.44. The van der Waals surface area contributed by atoms with Crippen LogP contribution in [0, 0.1) is 5.41 Å². The average Bonchev–Trinajstić information content (AvgIpc) is 3.04. The molecule has 18 heavy (non-hydrogen) atoms. The number of amidine groups is 1. The molecule has 0 amide bonds. The van der Waals surface area contributed by atoms with Crippen LogP contribution >= 0.6 is 0 Å². The van der Waals surface area contributed by atoms with Gasteiger partial charge in [-0.2, -0.15) is 0 Å². The Morgan fingerprint density at radius 2 is 2.06 bits per heavy atom. The molecule has 0 heterocycles. The second-order valence-corrected chi connectivity index (χ2v) is 5.94. The van der Waals surface area contributed by atoms with Crippen LogP contribution in [-0.4, -0.2) is 60.6 Å². The Hall–Kier alpha value is -0.810. The molecule has 1 aliphatic rings. The van der Waals surface area contributed by atoms with E-state index < -0.39 is 0 Å². The van der Waals surface area contributed by atoms with Crippen LogP contribution in [0.25, 0.3) is 0 Å². The number of nitrogens with two attached hydrogens (primary N) is 1. The van der Waals surface area contributed by atoms with Gasteiger partial charge in [0.2, 0.25) is 0 Å². The molecule has 1 saturated carbocycles. The Balaban J connectivity index is 2.52. The van der Waals surface area contributed by atoms with Crippen LogP contribution in [0.15, 0.2) is 5.16 Å². The van der Waals surface area contributed by atoms with E-state index in [1.165, 1.54) is 12.8 Å². The molecule has 5 nitrogen and oxygen atoms in total. The molecule has 0 bridgehead atoms. The lowest BCUT2D eigenvalue weighted by molar-refractivity contribution is 0.151. The molecule has 0 aromatic rings. The van der Waals surface area contributed by atoms with Gasteiger partial charge in [0.1, 0.15) is 5.84 Å². The molecule has 1 aliphatic carbocycles. The van der Waals surface area contributed by atoms with Crippen LogP contribution in [-0.2, 0) is 0 Å². The van der Waals surface area contributed by atoms with Crippen molar-refractivity contribution in [1.29, 1.82) is 0 Å². The number of rotatable bonds is 8. The zero-order chi connectivity index (χ0) is 13.8. The summed E-state index contributed by atoms with van der Waals surface area (Å²) in [6.45, 7) is 7.63. The topological polar surface area (TPSA) is 65.1 Å². The minimum atomic E-state index is 0.257. The van der Waals surface area contributed by atoms with Gasteiger partial charge in [0.25, 0.3) is 0 Å². The first-order chi connectivity index (χ1) is 8.42. The molecular weight excluding hydrogens is 228 g/mol. The van der Waals surface area contributed by atoms with E-state index >= 15 is 0 Å². The first-order valence-electron chi connectivity index (χ1n) is 6.77. The van der Waals surface area contributed by atoms with Gasteiger partial charge >= 0.3 is 0 Å². The van der Waals surface area contributed by atoms with Crippen molar-refractivity contribution in [3.63, 3.8) is 0 Å². The predicted molar refractivity (Wildman–Crippen MR) is 75.0 cm³/mol. The Labute approximate surface area is 111 Å². The van der Waals surface area contributed by atoms with Crippen LogP contribution in [0.3, 0.4) is 0 Å². The molecule has 1 rings (SSSR count). The maximum absolute atomic E-state index is 8.69. The minimum Gasteiger partial charge on any atom is -0.409 e. The number of likely N-dealkylation sites (N-methyl/N-ethyl adjacent to an activating group) is 2. The van der Waals surface area contributed by atoms with Gasteiger partial charge in [-0.05, 0) is 45.8 Å². The van der Waals surface area contributed by atoms with Gasteiger partial charge in [-0.1, -0.05) is 12.1 Å². The van der Waals surface area contributed by atoms with Gasteiger partial charge in [0, 0.05) is 25.6 Å². The van der Waals surface area contributed by atoms with Crippen molar-refractivity contribution < 1.29 is 5.21 Å². The van der Waals surface area contributed by atoms with E-state index in [1.807, 2.05) is 0 Å². The smallest absolute Gasteiger partial charge is 0.139 e. The van der Waals surface area contributed by atoms with Crippen LogP contribution < -0.4 is 5.73 Å². The van der Waals surface area contributed by atoms with E-state index in [0.29, 0.717) is 18.3 Å². The fourth-order valence-electron chi connectivity index (χ4n) is 2.64. The summed E-state index contributed by atoms with van der Waals surface area (Å²) in [6, 6.07) is 0.537. The van der Waals surface area contributed by atoms with Gasteiger partial charge < -0.3 is 15.8 Å². The van der Waals surface area contributed by atoms with E-state index in [9.17, 15) is 0 Å². The van der Waals surface area contributed by atoms with Crippen molar-refractivity contribution in [2.24, 2.45) is 16.3 Å². The number of hydrogen-bond donors (Lipinski definition) is 2. The Morgan fingerprint density at radius 1 is 1.44 bits per heavy atom. The normalized spacial score (nSPS) is 20.4. The molecule has 106 valence electrons. The fourth-order valence-corrected chi connectivity index (χ4v) is 2.64. The largest absolute Gasteiger partial charge is 0.409 e. The molecule has 0 saturated heterocycles. The summed E-state index contributed by atoms with van der Waals surface area (Å²) < 4.78 is 0. The van der Waals surface area contributed by atoms with Crippen LogP contribution in [0.2, 0.25) is 0 Å². The average molecular weight is 256 g/mol. The molecule has 5 heteroatoms. The van der Waals surface area contributed by atoms with Crippen molar-refractivity contribution in [2.45, 2.75) is 39.2 Å². The second kappa shape index (κ2) is 6.38. The third-order valence-electron chi connectivity index (χ3n) is 3.84. The molecule has 0 spiro atoms. The quantitative estimate of drug-likeness (QED) is 0.296. The van der Waals surface area contributed by atoms with Crippen LogP contribution in [0.1, 0.15) is 33.1 Å². The molecule has 1 fully saturated rings. The first-order valence-corrected chi connectivity index (χ1v) is 6.77. The lowest BCUT2D eigenvalue weighted by Crippen LogP contribution is -2.43. The Bertz CT molecular complexity index is 287. The summed E-state index contributed by atoms with van der Waals surface area (Å²) in [5.41, 5.74) is 5.90. The third-order valence-corrected chi connectivity index (χ3v) is 3.84. The molecule has 0 aromatic heterocycles. The van der Waals surface area contributed by atoms with Crippen molar-refractivity contribution >= 4 is 5.84 Å². The van der Waals surface area contributed by atoms with Gasteiger partial charge in [-0.25, -0.2) is 0 Å². The second-order valence-electron chi connectivity index (χ2n) is 5.94. The minimum absolute atomic E-state index is 0.257. The highest BCUT2D eigenvalue weighted by Crippen LogP contribution is 2.49. The first kappa shape index (κ1) is 15.2. The highest BCUT2D eigenvalue weighted by molar-refractivity contribution is 5.80. The SMILES string of the molecule is CCN(CC1(CC(N)=NO)CC1)C(C)CN(C)C. The summed E-state index contributed by atoms with van der Waals surface area (Å²) >= 11 is 0. The zero-order valence-corrected chi connectivity index (χ0v) is 12.2. The summed E-state index contributed by atoms with van der Waals surface area (Å²) in [7, 11) is 4.21. The molecule has 0 aromatic carbocycles. The summed E-state index contributed by atoms with van der Waals surface area (Å²) in [5.74, 6) is 0.365. The monoisotopic (exact) mass is 256 g/mol. The predicted octanol–water partition coefficient (Wildman–Crippen LogP) is 1.18. The van der Waals surface area contributed by atoms with Crippen LogP contribution in [0.5, 0.6) is 0 Å². The molecule has 1 unspecified atom stereocenters. The number of hydrogen-bond acceptors (Lipinski definition) is 4. The molecule has 0 aliphatic heterocycles. The van der Waals surface area contributed by atoms with Crippen molar-refractivity contribution in [1.82, 2.24) is 9.80 Å².